The number of nitrogens with zero attached hydrogens (tertiary/aromatic N) is 4. The quantitative estimate of drug-likeness (QED) is 0.0808. The monoisotopic (exact) mass is 844 g/mol. The number of fused-ring (bicyclic) bond motifs is 1. The standard InChI is InChI=1S/C48H60N8O6/c1-7-29(8-2)41(53-47(59)61-5)45(57)55-23-11-13-39(55)43-49-27-37(51-43)32-17-15-31(16-18-32)33-19-20-35-26-36(22-21-34(35)25-33)38-28-50-44(52-38)40-14-12-24-56(40)46(58)42(30(9-3)10-4)54-48(60)62-6/h15-22,25-30,39-42H,7-14,23-24H2,1-6H3,(H,49,51)(H,50,52)(H,53,59)(H,54,60)/t39-,40-,41-,42-/m0/s1. The van der Waals surface area contributed by atoms with Crippen molar-refractivity contribution in [2.75, 3.05) is 27.3 Å². The first kappa shape index (κ1) is 43.9. The Hall–Kier alpha value is -6.18. The van der Waals surface area contributed by atoms with Crippen LogP contribution in [0.25, 0.3) is 44.4 Å². The number of hydrogen-bond acceptors (Lipinski definition) is 8. The molecule has 0 radical (unpaired) electrons. The lowest BCUT2D eigenvalue weighted by Gasteiger charge is -2.31. The highest BCUT2D eigenvalue weighted by molar-refractivity contribution is 5.91. The van der Waals surface area contributed by atoms with E-state index in [-0.39, 0.29) is 35.7 Å². The minimum Gasteiger partial charge on any atom is -0.453 e. The Morgan fingerprint density at radius 1 is 0.613 bits per heavy atom. The van der Waals surface area contributed by atoms with E-state index in [0.717, 1.165) is 107 Å². The molecule has 14 nitrogen and oxygen atoms in total. The molecule has 4 N–H and O–H groups in total. The number of ether oxygens (including phenoxy) is 2. The van der Waals surface area contributed by atoms with Gasteiger partial charge in [0.15, 0.2) is 0 Å². The van der Waals surface area contributed by atoms with Crippen LogP contribution < -0.4 is 10.6 Å². The highest BCUT2D eigenvalue weighted by atomic mass is 16.5. The lowest BCUT2D eigenvalue weighted by molar-refractivity contribution is -0.136. The molecule has 4 atom stereocenters. The molecule has 2 fully saturated rings. The fraction of sp³-hybridized carbons (Fsp3) is 0.458. The van der Waals surface area contributed by atoms with Gasteiger partial charge in [0.05, 0.1) is 50.1 Å². The van der Waals surface area contributed by atoms with Crippen molar-refractivity contribution in [3.8, 4) is 33.6 Å². The number of aromatic nitrogens is 4. The smallest absolute Gasteiger partial charge is 0.407 e. The number of rotatable bonds is 15. The summed E-state index contributed by atoms with van der Waals surface area (Å²) in [6, 6.07) is 19.5. The molecule has 2 aliphatic heterocycles. The SMILES string of the molecule is CCC(CC)[C@H](NC(=O)OC)C(=O)N1CCC[C@H]1c1ncc(-c2ccc(-c3ccc4cc(-c5cnc([C@@H]6CCCN6C(=O)[C@@H](NC(=O)OC)C(CC)CC)[nH]5)ccc4c3)cc2)[nH]1. The van der Waals surface area contributed by atoms with Gasteiger partial charge in [-0.3, -0.25) is 9.59 Å². The van der Waals surface area contributed by atoms with Gasteiger partial charge in [-0.15, -0.1) is 0 Å². The number of carbonyl (C=O) groups is 4. The molecule has 2 saturated heterocycles. The van der Waals surface area contributed by atoms with Crippen LogP contribution in [0.15, 0.2) is 73.1 Å². The Balaban J connectivity index is 1.03. The second-order valence-electron chi connectivity index (χ2n) is 16.5. The predicted octanol–water partition coefficient (Wildman–Crippen LogP) is 8.94. The normalized spacial score (nSPS) is 17.4. The Labute approximate surface area is 363 Å². The molecule has 2 aliphatic rings. The second-order valence-corrected chi connectivity index (χ2v) is 16.5. The van der Waals surface area contributed by atoms with Gasteiger partial charge in [-0.05, 0) is 77.1 Å². The largest absolute Gasteiger partial charge is 0.453 e. The van der Waals surface area contributed by atoms with Gasteiger partial charge in [-0.1, -0.05) is 102 Å². The topological polar surface area (TPSA) is 175 Å². The zero-order chi connectivity index (χ0) is 43.9. The summed E-state index contributed by atoms with van der Waals surface area (Å²) in [4.78, 5) is 72.4. The van der Waals surface area contributed by atoms with E-state index in [0.29, 0.717) is 13.1 Å². The minimum absolute atomic E-state index is 0.00248. The number of nitrogens with one attached hydrogen (secondary N) is 4. The summed E-state index contributed by atoms with van der Waals surface area (Å²) in [6.45, 7) is 9.34. The number of H-pyrrole nitrogens is 2. The fourth-order valence-corrected chi connectivity index (χ4v) is 9.38. The van der Waals surface area contributed by atoms with Crippen molar-refractivity contribution in [1.29, 1.82) is 0 Å². The van der Waals surface area contributed by atoms with Crippen molar-refractivity contribution in [3.05, 3.63) is 84.7 Å². The third-order valence-corrected chi connectivity index (χ3v) is 13.1. The third kappa shape index (κ3) is 9.19. The lowest BCUT2D eigenvalue weighted by atomic mass is 9.93. The van der Waals surface area contributed by atoms with Gasteiger partial charge in [0.25, 0.3) is 0 Å². The van der Waals surface area contributed by atoms with Gasteiger partial charge in [0, 0.05) is 18.7 Å². The van der Waals surface area contributed by atoms with Crippen LogP contribution in [0.2, 0.25) is 0 Å². The van der Waals surface area contributed by atoms with E-state index in [1.165, 1.54) is 14.2 Å². The van der Waals surface area contributed by atoms with E-state index in [1.807, 2.05) is 49.9 Å². The molecule has 4 amide bonds. The zero-order valence-corrected chi connectivity index (χ0v) is 36.7. The summed E-state index contributed by atoms with van der Waals surface area (Å²) in [6.07, 6.45) is 8.78. The second kappa shape index (κ2) is 19.7. The highest BCUT2D eigenvalue weighted by Gasteiger charge is 2.40. The van der Waals surface area contributed by atoms with Crippen molar-refractivity contribution < 1.29 is 28.7 Å². The number of alkyl carbamates (subject to hydrolysis) is 2. The van der Waals surface area contributed by atoms with Crippen molar-refractivity contribution >= 4 is 34.8 Å². The molecule has 14 heteroatoms. The molecule has 7 rings (SSSR count). The number of carbonyl (C=O) groups excluding carboxylic acids is 4. The minimum atomic E-state index is -0.661. The summed E-state index contributed by atoms with van der Waals surface area (Å²) < 4.78 is 9.71. The third-order valence-electron chi connectivity index (χ3n) is 13.1. The molecular weight excluding hydrogens is 785 g/mol. The lowest BCUT2D eigenvalue weighted by Crippen LogP contribution is -2.52. The van der Waals surface area contributed by atoms with Crippen LogP contribution in [0, 0.1) is 11.8 Å². The van der Waals surface area contributed by atoms with Crippen molar-refractivity contribution in [2.24, 2.45) is 11.8 Å². The zero-order valence-electron chi connectivity index (χ0n) is 36.7. The van der Waals surface area contributed by atoms with Crippen molar-refractivity contribution in [2.45, 2.75) is 103 Å². The summed E-state index contributed by atoms with van der Waals surface area (Å²) in [5, 5.41) is 7.81. The molecular formula is C48H60N8O6. The fourth-order valence-electron chi connectivity index (χ4n) is 9.38. The molecule has 3 aromatic carbocycles. The molecule has 4 heterocycles. The molecule has 0 bridgehead atoms. The molecule has 328 valence electrons. The van der Waals surface area contributed by atoms with Crippen LogP contribution in [0.4, 0.5) is 9.59 Å². The van der Waals surface area contributed by atoms with Crippen molar-refractivity contribution in [1.82, 2.24) is 40.4 Å². The average Bonchev–Trinajstić information content (AvgIpc) is 4.16. The summed E-state index contributed by atoms with van der Waals surface area (Å²) >= 11 is 0. The van der Waals surface area contributed by atoms with Gasteiger partial charge in [0.2, 0.25) is 11.8 Å². The number of methoxy groups -OCH3 is 2. The Kier molecular flexibility index (Phi) is 13.9. The Morgan fingerprint density at radius 2 is 1.02 bits per heavy atom. The molecule has 0 saturated carbocycles. The summed E-state index contributed by atoms with van der Waals surface area (Å²) in [5.41, 5.74) is 5.92. The Morgan fingerprint density at radius 3 is 1.47 bits per heavy atom. The van der Waals surface area contributed by atoms with E-state index in [4.69, 9.17) is 19.4 Å². The van der Waals surface area contributed by atoms with Crippen LogP contribution in [0.3, 0.4) is 0 Å². The molecule has 2 aromatic heterocycles. The maximum atomic E-state index is 13.9. The molecule has 0 spiro atoms. The average molecular weight is 845 g/mol. The summed E-state index contributed by atoms with van der Waals surface area (Å²) in [7, 11) is 2.63. The van der Waals surface area contributed by atoms with Crippen molar-refractivity contribution in [3.63, 3.8) is 0 Å². The molecule has 0 aliphatic carbocycles. The van der Waals surface area contributed by atoms with Gasteiger partial charge in [0.1, 0.15) is 23.7 Å². The predicted molar refractivity (Wildman–Crippen MR) is 239 cm³/mol. The van der Waals surface area contributed by atoms with Gasteiger partial charge < -0.3 is 39.9 Å². The number of imidazole rings is 2. The van der Waals surface area contributed by atoms with Gasteiger partial charge in [-0.2, -0.15) is 0 Å². The van der Waals surface area contributed by atoms with E-state index >= 15 is 0 Å². The number of benzene rings is 3. The molecule has 62 heavy (non-hydrogen) atoms. The van der Waals surface area contributed by atoms with Gasteiger partial charge in [-0.25, -0.2) is 19.6 Å². The highest BCUT2D eigenvalue weighted by Crippen LogP contribution is 2.36. The first-order valence-electron chi connectivity index (χ1n) is 22.2. The van der Waals surface area contributed by atoms with E-state index < -0.39 is 24.3 Å². The first-order chi connectivity index (χ1) is 30.1. The van der Waals surface area contributed by atoms with Gasteiger partial charge >= 0.3 is 12.2 Å². The number of hydrogen-bond donors (Lipinski definition) is 4. The van der Waals surface area contributed by atoms with E-state index in [9.17, 15) is 19.2 Å². The summed E-state index contributed by atoms with van der Waals surface area (Å²) in [5.74, 6) is 1.27. The number of aromatic amines is 2. The maximum absolute atomic E-state index is 13.9. The molecule has 5 aromatic rings. The van der Waals surface area contributed by atoms with Crippen LogP contribution in [-0.4, -0.2) is 93.1 Å². The van der Waals surface area contributed by atoms with Crippen LogP contribution >= 0.6 is 0 Å². The first-order valence-corrected chi connectivity index (χ1v) is 22.2. The van der Waals surface area contributed by atoms with Crippen LogP contribution in [0.5, 0.6) is 0 Å². The number of amides is 4. The van der Waals surface area contributed by atoms with E-state index in [2.05, 4.69) is 81.3 Å². The maximum Gasteiger partial charge on any atom is 0.407 e. The molecule has 0 unspecified atom stereocenters. The van der Waals surface area contributed by atoms with E-state index in [1.54, 1.807) is 0 Å². The van der Waals surface area contributed by atoms with Crippen LogP contribution in [0.1, 0.15) is 103 Å². The Bertz CT molecular complexity index is 2350. The number of likely N-dealkylation sites (tertiary alicyclic amines) is 2. The van der Waals surface area contributed by atoms with Crippen LogP contribution in [-0.2, 0) is 19.1 Å².